The van der Waals surface area contributed by atoms with Crippen LogP contribution in [0.15, 0.2) is 22.7 Å². The van der Waals surface area contributed by atoms with Crippen molar-refractivity contribution in [1.29, 1.82) is 0 Å². The number of carbonyl (C=O) groups is 1. The number of carboxylic acid groups (broad SMARTS) is 1. The quantitative estimate of drug-likeness (QED) is 0.913. The molecule has 18 heavy (non-hydrogen) atoms. The van der Waals surface area contributed by atoms with Crippen LogP contribution < -0.4 is 0 Å². The molecule has 3 nitrogen and oxygen atoms in total. The second-order valence-corrected chi connectivity index (χ2v) is 6.13. The van der Waals surface area contributed by atoms with Gasteiger partial charge in [0, 0.05) is 17.1 Å². The van der Waals surface area contributed by atoms with Crippen LogP contribution >= 0.6 is 15.9 Å². The lowest BCUT2D eigenvalue weighted by atomic mass is 10.1. The maximum absolute atomic E-state index is 11.0. The lowest BCUT2D eigenvalue weighted by Gasteiger charge is -2.24. The second-order valence-electron chi connectivity index (χ2n) is 5.22. The van der Waals surface area contributed by atoms with Crippen molar-refractivity contribution in [2.24, 2.45) is 5.92 Å². The molecule has 1 aromatic rings. The molecule has 1 aliphatic carbocycles. The van der Waals surface area contributed by atoms with Gasteiger partial charge >= 0.3 is 5.97 Å². The van der Waals surface area contributed by atoms with Crippen LogP contribution in [0.5, 0.6) is 0 Å². The summed E-state index contributed by atoms with van der Waals surface area (Å²) >= 11 is 3.51. The predicted octanol–water partition coefficient (Wildman–Crippen LogP) is 2.84. The maximum Gasteiger partial charge on any atom is 0.307 e. The van der Waals surface area contributed by atoms with E-state index in [9.17, 15) is 4.79 Å². The molecule has 1 fully saturated rings. The molecular formula is C14H16BrNO2. The van der Waals surface area contributed by atoms with Gasteiger partial charge in [-0.05, 0) is 49.1 Å². The summed E-state index contributed by atoms with van der Waals surface area (Å²) in [7, 11) is 0. The molecule has 4 heteroatoms. The molecule has 1 saturated heterocycles. The average molecular weight is 310 g/mol. The third kappa shape index (κ3) is 2.08. The van der Waals surface area contributed by atoms with Crippen molar-refractivity contribution in [2.75, 3.05) is 13.1 Å². The summed E-state index contributed by atoms with van der Waals surface area (Å²) < 4.78 is 1.13. The Kier molecular flexibility index (Phi) is 3.16. The van der Waals surface area contributed by atoms with Gasteiger partial charge in [0.25, 0.3) is 0 Å². The van der Waals surface area contributed by atoms with Crippen LogP contribution in [0, 0.1) is 5.92 Å². The van der Waals surface area contributed by atoms with Gasteiger partial charge < -0.3 is 5.11 Å². The Morgan fingerprint density at radius 1 is 1.39 bits per heavy atom. The fourth-order valence-corrected chi connectivity index (χ4v) is 3.62. The van der Waals surface area contributed by atoms with Gasteiger partial charge in [0.15, 0.2) is 0 Å². The minimum absolute atomic E-state index is 0.176. The summed E-state index contributed by atoms with van der Waals surface area (Å²) in [5.74, 6) is -0.823. The van der Waals surface area contributed by atoms with Crippen molar-refractivity contribution in [1.82, 2.24) is 4.90 Å². The molecule has 0 bridgehead atoms. The number of carboxylic acids is 1. The smallest absolute Gasteiger partial charge is 0.307 e. The van der Waals surface area contributed by atoms with E-state index in [4.69, 9.17) is 5.11 Å². The monoisotopic (exact) mass is 309 g/mol. The van der Waals surface area contributed by atoms with Crippen LogP contribution in [0.2, 0.25) is 0 Å². The number of aryl methyl sites for hydroxylation is 1. The Hall–Kier alpha value is -0.870. The third-order valence-electron chi connectivity index (χ3n) is 4.16. The van der Waals surface area contributed by atoms with Gasteiger partial charge in [0.05, 0.1) is 5.92 Å². The van der Waals surface area contributed by atoms with Crippen molar-refractivity contribution in [3.8, 4) is 0 Å². The Bertz CT molecular complexity index is 489. The SMILES string of the molecule is O=C(O)[C@@H]1CCN(C2CCc3cc(Br)ccc32)C1. The van der Waals surface area contributed by atoms with Gasteiger partial charge in [0.2, 0.25) is 0 Å². The van der Waals surface area contributed by atoms with E-state index >= 15 is 0 Å². The van der Waals surface area contributed by atoms with E-state index < -0.39 is 5.97 Å². The first-order valence-electron chi connectivity index (χ1n) is 6.40. The molecule has 0 amide bonds. The zero-order chi connectivity index (χ0) is 12.7. The topological polar surface area (TPSA) is 40.5 Å². The summed E-state index contributed by atoms with van der Waals surface area (Å²) in [6.07, 6.45) is 3.02. The molecule has 1 aliphatic heterocycles. The molecule has 0 aromatic heterocycles. The zero-order valence-corrected chi connectivity index (χ0v) is 11.7. The summed E-state index contributed by atoms with van der Waals surface area (Å²) in [6.45, 7) is 1.62. The lowest BCUT2D eigenvalue weighted by Crippen LogP contribution is -2.26. The Labute approximate surface area is 115 Å². The molecule has 3 rings (SSSR count). The largest absolute Gasteiger partial charge is 0.481 e. The minimum Gasteiger partial charge on any atom is -0.481 e. The summed E-state index contributed by atoms with van der Waals surface area (Å²) in [6, 6.07) is 6.89. The molecule has 1 aromatic carbocycles. The van der Waals surface area contributed by atoms with E-state index in [1.807, 2.05) is 0 Å². The predicted molar refractivity (Wildman–Crippen MR) is 72.5 cm³/mol. The molecule has 96 valence electrons. The van der Waals surface area contributed by atoms with Crippen molar-refractivity contribution >= 4 is 21.9 Å². The molecule has 0 radical (unpaired) electrons. The number of fused-ring (bicyclic) bond motifs is 1. The number of halogens is 1. The van der Waals surface area contributed by atoms with E-state index in [2.05, 4.69) is 39.0 Å². The Morgan fingerprint density at radius 2 is 2.22 bits per heavy atom. The van der Waals surface area contributed by atoms with Gasteiger partial charge in [-0.25, -0.2) is 0 Å². The van der Waals surface area contributed by atoms with E-state index in [1.165, 1.54) is 11.1 Å². The average Bonchev–Trinajstić information content (AvgIpc) is 2.92. The van der Waals surface area contributed by atoms with Crippen molar-refractivity contribution in [3.63, 3.8) is 0 Å². The van der Waals surface area contributed by atoms with Crippen molar-refractivity contribution in [2.45, 2.75) is 25.3 Å². The number of nitrogens with zero attached hydrogens (tertiary/aromatic N) is 1. The highest BCUT2D eigenvalue weighted by atomic mass is 79.9. The lowest BCUT2D eigenvalue weighted by molar-refractivity contribution is -0.141. The maximum atomic E-state index is 11.0. The number of rotatable bonds is 2. The summed E-state index contributed by atoms with van der Waals surface area (Å²) in [4.78, 5) is 13.4. The highest BCUT2D eigenvalue weighted by Gasteiger charge is 2.35. The Morgan fingerprint density at radius 3 is 2.94 bits per heavy atom. The Balaban J connectivity index is 1.79. The summed E-state index contributed by atoms with van der Waals surface area (Å²) in [5.41, 5.74) is 2.80. The molecule has 0 saturated carbocycles. The van der Waals surface area contributed by atoms with E-state index in [1.54, 1.807) is 0 Å². The first-order chi connectivity index (χ1) is 8.65. The molecular weight excluding hydrogens is 294 g/mol. The van der Waals surface area contributed by atoms with Gasteiger partial charge in [0.1, 0.15) is 0 Å². The van der Waals surface area contributed by atoms with Crippen molar-refractivity contribution in [3.05, 3.63) is 33.8 Å². The van der Waals surface area contributed by atoms with E-state index in [0.29, 0.717) is 12.6 Å². The van der Waals surface area contributed by atoms with E-state index in [0.717, 1.165) is 30.3 Å². The highest BCUT2D eigenvalue weighted by Crippen LogP contribution is 2.39. The minimum atomic E-state index is -0.647. The molecule has 2 aliphatic rings. The van der Waals surface area contributed by atoms with Crippen LogP contribution in [-0.4, -0.2) is 29.1 Å². The fourth-order valence-electron chi connectivity index (χ4n) is 3.21. The number of benzene rings is 1. The standard InChI is InChI=1S/C14H16BrNO2/c15-11-2-3-12-9(7-11)1-4-13(12)16-6-5-10(8-16)14(17)18/h2-3,7,10,13H,1,4-6,8H2,(H,17,18)/t10-,13?/m1/s1. The van der Waals surface area contributed by atoms with Crippen LogP contribution in [0.4, 0.5) is 0 Å². The van der Waals surface area contributed by atoms with Crippen molar-refractivity contribution < 1.29 is 9.90 Å². The number of hydrogen-bond donors (Lipinski definition) is 1. The second kappa shape index (κ2) is 4.67. The molecule has 0 spiro atoms. The first-order valence-corrected chi connectivity index (χ1v) is 7.19. The van der Waals surface area contributed by atoms with Gasteiger partial charge in [-0.3, -0.25) is 9.69 Å². The summed E-state index contributed by atoms with van der Waals surface area (Å²) in [5, 5.41) is 9.07. The van der Waals surface area contributed by atoms with Gasteiger partial charge in [-0.2, -0.15) is 0 Å². The van der Waals surface area contributed by atoms with Gasteiger partial charge in [-0.1, -0.05) is 22.0 Å². The van der Waals surface area contributed by atoms with Crippen LogP contribution in [0.3, 0.4) is 0 Å². The van der Waals surface area contributed by atoms with Gasteiger partial charge in [-0.15, -0.1) is 0 Å². The molecule has 1 N–H and O–H groups in total. The fraction of sp³-hybridized carbons (Fsp3) is 0.500. The van der Waals surface area contributed by atoms with Crippen LogP contribution in [0.1, 0.15) is 30.0 Å². The third-order valence-corrected chi connectivity index (χ3v) is 4.65. The van der Waals surface area contributed by atoms with E-state index in [-0.39, 0.29) is 5.92 Å². The molecule has 2 atom stereocenters. The molecule has 1 heterocycles. The zero-order valence-electron chi connectivity index (χ0n) is 10.1. The number of hydrogen-bond acceptors (Lipinski definition) is 2. The van der Waals surface area contributed by atoms with Crippen LogP contribution in [-0.2, 0) is 11.2 Å². The normalized spacial score (nSPS) is 27.4. The highest BCUT2D eigenvalue weighted by molar-refractivity contribution is 9.10. The first kappa shape index (κ1) is 12.2. The number of aliphatic carboxylic acids is 1. The molecule has 1 unspecified atom stereocenters. The van der Waals surface area contributed by atoms with Crippen LogP contribution in [0.25, 0.3) is 0 Å². The number of likely N-dealkylation sites (tertiary alicyclic amines) is 1.